The van der Waals surface area contributed by atoms with E-state index in [2.05, 4.69) is 32.2 Å². The van der Waals surface area contributed by atoms with E-state index in [0.29, 0.717) is 10.3 Å². The molecule has 0 saturated heterocycles. The summed E-state index contributed by atoms with van der Waals surface area (Å²) in [4.78, 5) is 17.0. The van der Waals surface area contributed by atoms with E-state index in [1.807, 2.05) is 60.7 Å². The highest BCUT2D eigenvalue weighted by Gasteiger charge is 2.16. The molecule has 7 nitrogen and oxygen atoms in total. The lowest BCUT2D eigenvalue weighted by molar-refractivity contribution is -0.113. The van der Waals surface area contributed by atoms with Crippen molar-refractivity contribution in [2.45, 2.75) is 9.50 Å². The standard InChI is InChI=1S/C21H18N6OS3/c1-2-13-29-21-25-24-19(31-21)22-17(28)14-30-20-23-18(15-9-5-3-6-10-15)27(26-20)16-11-7-4-8-12-16/h2-12H,1,13-14H2,(H,22,24,28). The van der Waals surface area contributed by atoms with Gasteiger partial charge in [-0.3, -0.25) is 10.1 Å². The van der Waals surface area contributed by atoms with E-state index in [-0.39, 0.29) is 11.7 Å². The van der Waals surface area contributed by atoms with Crippen LogP contribution in [0, 0.1) is 0 Å². The van der Waals surface area contributed by atoms with Gasteiger partial charge < -0.3 is 0 Å². The number of thioether (sulfide) groups is 2. The van der Waals surface area contributed by atoms with Crippen molar-refractivity contribution in [3.05, 3.63) is 73.3 Å². The molecule has 31 heavy (non-hydrogen) atoms. The number of nitrogens with zero attached hydrogens (tertiary/aromatic N) is 5. The number of nitrogens with one attached hydrogen (secondary N) is 1. The molecule has 0 aliphatic heterocycles. The fraction of sp³-hybridized carbons (Fsp3) is 0.0952. The summed E-state index contributed by atoms with van der Waals surface area (Å²) in [6, 6.07) is 19.7. The molecule has 0 spiro atoms. The second kappa shape index (κ2) is 10.4. The van der Waals surface area contributed by atoms with Crippen molar-refractivity contribution in [2.75, 3.05) is 16.8 Å². The normalized spacial score (nSPS) is 10.7. The molecule has 0 atom stereocenters. The smallest absolute Gasteiger partial charge is 0.236 e. The van der Waals surface area contributed by atoms with E-state index < -0.39 is 0 Å². The number of amides is 1. The lowest BCUT2D eigenvalue weighted by Crippen LogP contribution is -2.14. The quantitative estimate of drug-likeness (QED) is 0.215. The maximum Gasteiger partial charge on any atom is 0.236 e. The van der Waals surface area contributed by atoms with E-state index in [0.717, 1.165) is 27.2 Å². The molecule has 4 rings (SSSR count). The largest absolute Gasteiger partial charge is 0.300 e. The van der Waals surface area contributed by atoms with Crippen LogP contribution in [0.2, 0.25) is 0 Å². The van der Waals surface area contributed by atoms with Gasteiger partial charge in [0.05, 0.1) is 11.4 Å². The molecule has 0 unspecified atom stereocenters. The lowest BCUT2D eigenvalue weighted by Gasteiger charge is -2.05. The van der Waals surface area contributed by atoms with Gasteiger partial charge in [-0.25, -0.2) is 9.67 Å². The third-order valence-electron chi connectivity index (χ3n) is 3.93. The topological polar surface area (TPSA) is 85.6 Å². The highest BCUT2D eigenvalue weighted by molar-refractivity contribution is 8.01. The average molecular weight is 467 g/mol. The summed E-state index contributed by atoms with van der Waals surface area (Å²) in [6.45, 7) is 3.68. The first-order valence-corrected chi connectivity index (χ1v) is 12.1. The van der Waals surface area contributed by atoms with Crippen molar-refractivity contribution in [3.63, 3.8) is 0 Å². The first-order valence-electron chi connectivity index (χ1n) is 9.30. The van der Waals surface area contributed by atoms with Gasteiger partial charge in [0.15, 0.2) is 10.2 Å². The summed E-state index contributed by atoms with van der Waals surface area (Å²) in [6.07, 6.45) is 1.80. The fourth-order valence-electron chi connectivity index (χ4n) is 2.61. The zero-order valence-corrected chi connectivity index (χ0v) is 18.8. The molecule has 10 heteroatoms. The van der Waals surface area contributed by atoms with Gasteiger partial charge in [-0.15, -0.1) is 21.9 Å². The summed E-state index contributed by atoms with van der Waals surface area (Å²) in [5.74, 6) is 1.46. The molecule has 0 fully saturated rings. The van der Waals surface area contributed by atoms with Crippen LogP contribution in [-0.4, -0.2) is 42.4 Å². The number of hydrogen-bond acceptors (Lipinski definition) is 8. The van der Waals surface area contributed by atoms with Crippen LogP contribution >= 0.6 is 34.9 Å². The van der Waals surface area contributed by atoms with Crippen molar-refractivity contribution >= 4 is 45.9 Å². The number of carbonyl (C=O) groups excluding carboxylic acids is 1. The number of carbonyl (C=O) groups is 1. The number of hydrogen-bond donors (Lipinski definition) is 1. The molecular formula is C21H18N6OS3. The van der Waals surface area contributed by atoms with Crippen molar-refractivity contribution in [1.29, 1.82) is 0 Å². The van der Waals surface area contributed by atoms with E-state index in [9.17, 15) is 4.79 Å². The van der Waals surface area contributed by atoms with Crippen molar-refractivity contribution in [1.82, 2.24) is 25.0 Å². The second-order valence-electron chi connectivity index (χ2n) is 6.14. The van der Waals surface area contributed by atoms with Crippen LogP contribution in [0.4, 0.5) is 5.13 Å². The zero-order chi connectivity index (χ0) is 21.5. The Bertz CT molecular complexity index is 1100. The number of rotatable bonds is 9. The Morgan fingerprint density at radius 3 is 2.55 bits per heavy atom. The number of anilines is 1. The molecular weight excluding hydrogens is 448 g/mol. The Morgan fingerprint density at radius 1 is 1.06 bits per heavy atom. The number of aromatic nitrogens is 5. The molecule has 0 saturated carbocycles. The summed E-state index contributed by atoms with van der Waals surface area (Å²) in [5.41, 5.74) is 1.86. The van der Waals surface area contributed by atoms with Gasteiger partial charge in [0.25, 0.3) is 0 Å². The Balaban J connectivity index is 1.46. The molecule has 2 aromatic heterocycles. The zero-order valence-electron chi connectivity index (χ0n) is 16.3. The van der Waals surface area contributed by atoms with E-state index in [1.54, 1.807) is 10.8 Å². The van der Waals surface area contributed by atoms with Gasteiger partial charge in [-0.2, -0.15) is 0 Å². The molecule has 0 aliphatic rings. The lowest BCUT2D eigenvalue weighted by atomic mass is 10.2. The van der Waals surface area contributed by atoms with Crippen molar-refractivity contribution in [3.8, 4) is 17.1 Å². The Labute approximate surface area is 192 Å². The predicted molar refractivity (Wildman–Crippen MR) is 127 cm³/mol. The molecule has 0 bridgehead atoms. The maximum absolute atomic E-state index is 12.4. The molecule has 1 N–H and O–H groups in total. The molecule has 2 aromatic carbocycles. The van der Waals surface area contributed by atoms with Crippen LogP contribution in [0.1, 0.15) is 0 Å². The first-order chi connectivity index (χ1) is 15.2. The Hall–Kier alpha value is -2.95. The summed E-state index contributed by atoms with van der Waals surface area (Å²) in [5, 5.41) is 16.4. The van der Waals surface area contributed by atoms with E-state index >= 15 is 0 Å². The third-order valence-corrected chi connectivity index (χ3v) is 6.74. The fourth-order valence-corrected chi connectivity index (χ4v) is 4.76. The summed E-state index contributed by atoms with van der Waals surface area (Å²) >= 11 is 4.14. The van der Waals surface area contributed by atoms with Crippen molar-refractivity contribution in [2.24, 2.45) is 0 Å². The molecule has 2 heterocycles. The predicted octanol–water partition coefficient (Wildman–Crippen LogP) is 4.79. The molecule has 0 radical (unpaired) electrons. The second-order valence-corrected chi connectivity index (χ2v) is 9.33. The van der Waals surface area contributed by atoms with Gasteiger partial charge in [0.2, 0.25) is 16.2 Å². The minimum absolute atomic E-state index is 0.168. The van der Waals surface area contributed by atoms with Crippen LogP contribution in [0.5, 0.6) is 0 Å². The SMILES string of the molecule is C=CCSc1nnc(NC(=O)CSc2nc(-c3ccccc3)n(-c3ccccc3)n2)s1. The van der Waals surface area contributed by atoms with Crippen LogP contribution in [-0.2, 0) is 4.79 Å². The number of benzene rings is 2. The molecule has 156 valence electrons. The number of para-hydroxylation sites is 1. The van der Waals surface area contributed by atoms with Crippen LogP contribution in [0.3, 0.4) is 0 Å². The molecule has 0 aliphatic carbocycles. The van der Waals surface area contributed by atoms with Crippen LogP contribution in [0.15, 0.2) is 82.8 Å². The summed E-state index contributed by atoms with van der Waals surface area (Å²) in [7, 11) is 0. The van der Waals surface area contributed by atoms with Gasteiger partial charge in [-0.05, 0) is 12.1 Å². The minimum Gasteiger partial charge on any atom is -0.300 e. The summed E-state index contributed by atoms with van der Waals surface area (Å²) < 4.78 is 2.59. The maximum atomic E-state index is 12.4. The minimum atomic E-state index is -0.182. The average Bonchev–Trinajstić information content (AvgIpc) is 3.44. The van der Waals surface area contributed by atoms with Gasteiger partial charge in [0.1, 0.15) is 0 Å². The van der Waals surface area contributed by atoms with E-state index in [4.69, 9.17) is 0 Å². The highest BCUT2D eigenvalue weighted by Crippen LogP contribution is 2.27. The third kappa shape index (κ3) is 5.60. The van der Waals surface area contributed by atoms with Gasteiger partial charge in [0, 0.05) is 11.3 Å². The molecule has 1 amide bonds. The van der Waals surface area contributed by atoms with E-state index in [1.165, 1.54) is 34.9 Å². The Kier molecular flexibility index (Phi) is 7.13. The first kappa shape index (κ1) is 21.3. The highest BCUT2D eigenvalue weighted by atomic mass is 32.2. The van der Waals surface area contributed by atoms with Crippen molar-refractivity contribution < 1.29 is 4.79 Å². The van der Waals surface area contributed by atoms with Crippen LogP contribution in [0.25, 0.3) is 17.1 Å². The monoisotopic (exact) mass is 466 g/mol. The van der Waals surface area contributed by atoms with Gasteiger partial charge >= 0.3 is 0 Å². The molecule has 4 aromatic rings. The van der Waals surface area contributed by atoms with Gasteiger partial charge in [-0.1, -0.05) is 89.5 Å². The Morgan fingerprint density at radius 2 is 1.81 bits per heavy atom. The van der Waals surface area contributed by atoms with Crippen LogP contribution < -0.4 is 5.32 Å².